The van der Waals surface area contributed by atoms with Gasteiger partial charge in [0.1, 0.15) is 30.7 Å². The summed E-state index contributed by atoms with van der Waals surface area (Å²) < 4.78 is 12.8. The summed E-state index contributed by atoms with van der Waals surface area (Å²) in [4.78, 5) is 13.4. The van der Waals surface area contributed by atoms with Gasteiger partial charge < -0.3 is 30.1 Å². The molecular formula is C22H23N5O5. The maximum Gasteiger partial charge on any atom is 0.209 e. The van der Waals surface area contributed by atoms with Crippen LogP contribution in [0.1, 0.15) is 24.9 Å². The van der Waals surface area contributed by atoms with Crippen LogP contribution in [-0.2, 0) is 4.74 Å². The Labute approximate surface area is 183 Å². The number of hydrogen-bond donors (Lipinski definition) is 4. The molecule has 0 spiro atoms. The Morgan fingerprint density at radius 1 is 1.16 bits per heavy atom. The number of imidazole rings is 1. The van der Waals surface area contributed by atoms with Gasteiger partial charge in [0.25, 0.3) is 0 Å². The van der Waals surface area contributed by atoms with Crippen LogP contribution < -0.4 is 10.1 Å². The summed E-state index contributed by atoms with van der Waals surface area (Å²) in [7, 11) is 0. The largest absolute Gasteiger partial charge is 0.481 e. The molecule has 10 nitrogen and oxygen atoms in total. The summed E-state index contributed by atoms with van der Waals surface area (Å²) in [6.45, 7) is -0.242. The average Bonchev–Trinajstić information content (AvgIpc) is 3.46. The second-order valence-electron chi connectivity index (χ2n) is 7.77. The van der Waals surface area contributed by atoms with Crippen molar-refractivity contribution in [2.45, 2.75) is 43.4 Å². The fraction of sp³-hybridized carbons (Fsp3) is 0.409. The zero-order valence-electron chi connectivity index (χ0n) is 17.1. The summed E-state index contributed by atoms with van der Waals surface area (Å²) in [5, 5.41) is 33.3. The Morgan fingerprint density at radius 3 is 2.69 bits per heavy atom. The second-order valence-corrected chi connectivity index (χ2v) is 7.77. The molecule has 166 valence electrons. The van der Waals surface area contributed by atoms with Gasteiger partial charge in [-0.1, -0.05) is 24.1 Å². The van der Waals surface area contributed by atoms with Gasteiger partial charge in [0.2, 0.25) is 5.82 Å². The van der Waals surface area contributed by atoms with Gasteiger partial charge in [-0.05, 0) is 30.9 Å². The first-order chi connectivity index (χ1) is 15.6. The third-order valence-corrected chi connectivity index (χ3v) is 5.39. The van der Waals surface area contributed by atoms with E-state index in [9.17, 15) is 15.3 Å². The van der Waals surface area contributed by atoms with Crippen molar-refractivity contribution in [3.63, 3.8) is 0 Å². The minimum Gasteiger partial charge on any atom is -0.481 e. The molecule has 2 aromatic heterocycles. The van der Waals surface area contributed by atoms with E-state index in [1.165, 1.54) is 10.9 Å². The van der Waals surface area contributed by atoms with Crippen LogP contribution in [0.2, 0.25) is 0 Å². The molecule has 1 saturated heterocycles. The number of nitrogens with zero attached hydrogens (tertiary/aromatic N) is 4. The molecule has 2 aliphatic rings. The maximum absolute atomic E-state index is 10.4. The van der Waals surface area contributed by atoms with E-state index < -0.39 is 31.1 Å². The standard InChI is InChI=1S/C22H23N5O5/c28-11-15-18(29)19(30)22(32-15)27-12-23-17-20(24-13-8-9-13)25-16(26-21(17)27)7-4-10-31-14-5-2-1-3-6-14/h1-3,5-6,12-13,15,18-19,22,28-30H,8-11H2,(H,24,25,26)/t15-,18+,19-,22-/m1/s1. The molecule has 1 aliphatic carbocycles. The number of fused-ring (bicyclic) bond motifs is 1. The number of hydrogen-bond acceptors (Lipinski definition) is 9. The summed E-state index contributed by atoms with van der Waals surface area (Å²) in [5.41, 5.74) is 0.923. The zero-order valence-corrected chi connectivity index (χ0v) is 17.1. The Hall–Kier alpha value is -3.23. The van der Waals surface area contributed by atoms with Crippen molar-refractivity contribution < 1.29 is 24.8 Å². The molecule has 0 unspecified atom stereocenters. The van der Waals surface area contributed by atoms with Crippen molar-refractivity contribution >= 4 is 17.0 Å². The van der Waals surface area contributed by atoms with Gasteiger partial charge in [-0.15, -0.1) is 0 Å². The first-order valence-electron chi connectivity index (χ1n) is 10.4. The number of aliphatic hydroxyl groups is 3. The lowest BCUT2D eigenvalue weighted by molar-refractivity contribution is -0.0511. The fourth-order valence-corrected chi connectivity index (χ4v) is 3.54. The van der Waals surface area contributed by atoms with Crippen molar-refractivity contribution in [1.82, 2.24) is 19.5 Å². The first kappa shape index (κ1) is 20.7. The number of nitrogens with one attached hydrogen (secondary N) is 1. The molecule has 1 aromatic carbocycles. The molecule has 4 N–H and O–H groups in total. The van der Waals surface area contributed by atoms with Crippen molar-refractivity contribution in [2.24, 2.45) is 0 Å². The monoisotopic (exact) mass is 437 g/mol. The summed E-state index contributed by atoms with van der Waals surface area (Å²) in [6.07, 6.45) is -0.727. The number of ether oxygens (including phenoxy) is 2. The Balaban J connectivity index is 1.45. The van der Waals surface area contributed by atoms with Gasteiger partial charge in [-0.25, -0.2) is 15.0 Å². The fourth-order valence-electron chi connectivity index (χ4n) is 3.54. The van der Waals surface area contributed by atoms with Crippen molar-refractivity contribution in [1.29, 1.82) is 0 Å². The second kappa shape index (κ2) is 8.72. The average molecular weight is 437 g/mol. The Morgan fingerprint density at radius 2 is 1.97 bits per heavy atom. The van der Waals surface area contributed by atoms with Gasteiger partial charge in [-0.2, -0.15) is 0 Å². The van der Waals surface area contributed by atoms with Crippen LogP contribution in [0.5, 0.6) is 5.75 Å². The van der Waals surface area contributed by atoms with Crippen molar-refractivity contribution in [3.8, 4) is 17.6 Å². The van der Waals surface area contributed by atoms with Gasteiger partial charge in [0, 0.05) is 6.04 Å². The number of anilines is 1. The zero-order chi connectivity index (χ0) is 22.1. The van der Waals surface area contributed by atoms with E-state index in [4.69, 9.17) is 9.47 Å². The molecule has 3 aromatic rings. The van der Waals surface area contributed by atoms with Gasteiger partial charge in [-0.3, -0.25) is 4.57 Å². The quantitative estimate of drug-likeness (QED) is 0.405. The number of rotatable bonds is 6. The highest BCUT2D eigenvalue weighted by molar-refractivity contribution is 5.83. The Kier molecular flexibility index (Phi) is 5.63. The maximum atomic E-state index is 10.4. The van der Waals surface area contributed by atoms with Gasteiger partial charge >= 0.3 is 0 Å². The lowest BCUT2D eigenvalue weighted by atomic mass is 10.1. The molecule has 32 heavy (non-hydrogen) atoms. The van der Waals surface area contributed by atoms with Crippen LogP contribution in [0, 0.1) is 11.8 Å². The smallest absolute Gasteiger partial charge is 0.209 e. The van der Waals surface area contributed by atoms with Crippen LogP contribution in [0.4, 0.5) is 5.82 Å². The van der Waals surface area contributed by atoms with Gasteiger partial charge in [0.05, 0.1) is 12.9 Å². The molecule has 4 atom stereocenters. The molecule has 5 rings (SSSR count). The van der Waals surface area contributed by atoms with Crippen molar-refractivity contribution in [3.05, 3.63) is 42.5 Å². The van der Waals surface area contributed by atoms with Gasteiger partial charge in [0.15, 0.2) is 23.2 Å². The highest BCUT2D eigenvalue weighted by atomic mass is 16.6. The third-order valence-electron chi connectivity index (χ3n) is 5.39. The van der Waals surface area contributed by atoms with Crippen LogP contribution in [-0.4, -0.2) is 72.4 Å². The number of aromatic nitrogens is 4. The number of aliphatic hydroxyl groups excluding tert-OH is 3. The van der Waals surface area contributed by atoms with Crippen LogP contribution in [0.15, 0.2) is 36.7 Å². The van der Waals surface area contributed by atoms with E-state index in [1.807, 2.05) is 30.3 Å². The normalized spacial score (nSPS) is 24.8. The summed E-state index contributed by atoms with van der Waals surface area (Å²) in [5.74, 6) is 7.37. The predicted molar refractivity (Wildman–Crippen MR) is 114 cm³/mol. The van der Waals surface area contributed by atoms with Crippen LogP contribution >= 0.6 is 0 Å². The van der Waals surface area contributed by atoms with Crippen molar-refractivity contribution in [2.75, 3.05) is 18.5 Å². The van der Waals surface area contributed by atoms with E-state index in [-0.39, 0.29) is 12.4 Å². The first-order valence-corrected chi connectivity index (χ1v) is 10.4. The molecule has 1 aliphatic heterocycles. The predicted octanol–water partition coefficient (Wildman–Crippen LogP) is 0.443. The number of benzene rings is 1. The van der Waals surface area contributed by atoms with E-state index in [0.29, 0.717) is 23.0 Å². The third kappa shape index (κ3) is 4.11. The number of para-hydroxylation sites is 1. The van der Waals surface area contributed by atoms with E-state index in [1.54, 1.807) is 0 Å². The highest BCUT2D eigenvalue weighted by Gasteiger charge is 2.44. The Bertz CT molecular complexity index is 1150. The summed E-state index contributed by atoms with van der Waals surface area (Å²) in [6, 6.07) is 9.70. The van der Waals surface area contributed by atoms with E-state index in [0.717, 1.165) is 18.6 Å². The molecule has 0 bridgehead atoms. The van der Waals surface area contributed by atoms with Crippen LogP contribution in [0.3, 0.4) is 0 Å². The topological polar surface area (TPSA) is 135 Å². The molecular weight excluding hydrogens is 414 g/mol. The molecule has 10 heteroatoms. The molecule has 0 radical (unpaired) electrons. The molecule has 0 amide bonds. The molecule has 1 saturated carbocycles. The lowest BCUT2D eigenvalue weighted by Gasteiger charge is -2.16. The minimum atomic E-state index is -1.24. The highest BCUT2D eigenvalue weighted by Crippen LogP contribution is 2.33. The minimum absolute atomic E-state index is 0.172. The lowest BCUT2D eigenvalue weighted by Crippen LogP contribution is -2.33. The van der Waals surface area contributed by atoms with Crippen LogP contribution in [0.25, 0.3) is 11.2 Å². The summed E-state index contributed by atoms with van der Waals surface area (Å²) >= 11 is 0. The van der Waals surface area contributed by atoms with E-state index in [2.05, 4.69) is 32.1 Å². The SMILES string of the molecule is OC[C@H]1O[C@@H](n2cnc3c(NC4CC4)nc(C#CCOc4ccccc4)nc32)[C@H](O)[C@H]1O. The molecule has 3 heterocycles. The molecule has 2 fully saturated rings. The van der Waals surface area contributed by atoms with E-state index >= 15 is 0 Å².